The number of carbonyl (C=O) groups excluding carboxylic acids is 2. The fraction of sp³-hybridized carbons (Fsp3) is 0.714. The molecule has 1 amide bonds. The Labute approximate surface area is 85.0 Å². The zero-order valence-electron chi connectivity index (χ0n) is 7.16. The van der Waals surface area contributed by atoms with Crippen LogP contribution in [0.5, 0.6) is 0 Å². The maximum absolute atomic E-state index is 11.4. The molecule has 1 rings (SSSR count). The molecule has 0 saturated carbocycles. The molecule has 0 radical (unpaired) electrons. The van der Waals surface area contributed by atoms with Gasteiger partial charge in [0.05, 0.1) is 7.11 Å². The minimum atomic E-state index is -0.395. The summed E-state index contributed by atoms with van der Waals surface area (Å²) >= 11 is 0. The smallest absolute Gasteiger partial charge is 0.325 e. The van der Waals surface area contributed by atoms with Crippen molar-refractivity contribution in [2.24, 2.45) is 0 Å². The highest BCUT2D eigenvalue weighted by atomic mass is 35.7. The molecule has 0 aromatic rings. The number of hydrogen-bond donors (Lipinski definition) is 0. The Balaban J connectivity index is 2.45. The van der Waals surface area contributed by atoms with Gasteiger partial charge in [0.25, 0.3) is 0 Å². The Morgan fingerprint density at radius 1 is 1.85 bits per heavy atom. The highest BCUT2D eigenvalue weighted by molar-refractivity contribution is 8.22. The van der Waals surface area contributed by atoms with E-state index in [2.05, 4.69) is 4.74 Å². The molecule has 0 spiro atoms. The first-order chi connectivity index (χ1) is 6.19. The van der Waals surface area contributed by atoms with Crippen LogP contribution in [0.3, 0.4) is 0 Å². The predicted octanol–water partition coefficient (Wildman–Crippen LogP) is 0.647. The SMILES string of the molecule is COC(=O)CN1CCC(SCl)C1=O. The number of likely N-dealkylation sites (tertiary alicyclic amines) is 1. The number of carbonyl (C=O) groups is 2. The minimum Gasteiger partial charge on any atom is -0.468 e. The first kappa shape index (κ1) is 10.7. The van der Waals surface area contributed by atoms with E-state index in [4.69, 9.17) is 10.7 Å². The standard InChI is InChI=1S/C7H10ClNO3S/c1-12-6(10)4-9-3-2-5(13-8)7(9)11/h5H,2-4H2,1H3. The van der Waals surface area contributed by atoms with Crippen molar-refractivity contribution in [1.29, 1.82) is 0 Å². The average Bonchev–Trinajstić information content (AvgIpc) is 2.48. The van der Waals surface area contributed by atoms with Crippen LogP contribution < -0.4 is 0 Å². The lowest BCUT2D eigenvalue weighted by molar-refractivity contribution is -0.145. The van der Waals surface area contributed by atoms with E-state index in [-0.39, 0.29) is 17.7 Å². The molecule has 13 heavy (non-hydrogen) atoms. The van der Waals surface area contributed by atoms with Crippen molar-refractivity contribution < 1.29 is 14.3 Å². The monoisotopic (exact) mass is 223 g/mol. The Morgan fingerprint density at radius 3 is 3.00 bits per heavy atom. The molecular formula is C7H10ClNO3S. The number of esters is 1. The Kier molecular flexibility index (Phi) is 3.87. The third-order valence-corrected chi connectivity index (χ3v) is 3.20. The largest absolute Gasteiger partial charge is 0.468 e. The quantitative estimate of drug-likeness (QED) is 0.659. The predicted molar refractivity (Wildman–Crippen MR) is 50.4 cm³/mol. The molecule has 0 aromatic heterocycles. The molecule has 1 atom stereocenters. The summed E-state index contributed by atoms with van der Waals surface area (Å²) in [7, 11) is 7.80. The van der Waals surface area contributed by atoms with E-state index in [9.17, 15) is 9.59 Å². The molecule has 6 heteroatoms. The van der Waals surface area contributed by atoms with Crippen molar-refractivity contribution in [3.05, 3.63) is 0 Å². The van der Waals surface area contributed by atoms with Gasteiger partial charge in [0.1, 0.15) is 11.8 Å². The Hall–Kier alpha value is -0.420. The van der Waals surface area contributed by atoms with Crippen molar-refractivity contribution in [3.8, 4) is 0 Å². The molecule has 0 aromatic carbocycles. The van der Waals surface area contributed by atoms with Crippen molar-refractivity contribution >= 4 is 33.5 Å². The molecule has 1 aliphatic rings. The van der Waals surface area contributed by atoms with Gasteiger partial charge in [-0.1, -0.05) is 0 Å². The van der Waals surface area contributed by atoms with Crippen LogP contribution in [0.15, 0.2) is 0 Å². The zero-order chi connectivity index (χ0) is 9.84. The van der Waals surface area contributed by atoms with Crippen molar-refractivity contribution in [2.45, 2.75) is 11.7 Å². The summed E-state index contributed by atoms with van der Waals surface area (Å²) in [6, 6.07) is 0. The molecular weight excluding hydrogens is 214 g/mol. The number of ether oxygens (including phenoxy) is 1. The lowest BCUT2D eigenvalue weighted by Gasteiger charge is -2.13. The number of rotatable bonds is 3. The first-order valence-corrected chi connectivity index (χ1v) is 5.52. The molecule has 0 aliphatic carbocycles. The highest BCUT2D eigenvalue weighted by Gasteiger charge is 2.32. The molecule has 1 fully saturated rings. The van der Waals surface area contributed by atoms with Crippen LogP contribution in [0, 0.1) is 0 Å². The molecule has 1 saturated heterocycles. The van der Waals surface area contributed by atoms with E-state index in [1.165, 1.54) is 12.0 Å². The maximum atomic E-state index is 11.4. The Bertz CT molecular complexity index is 224. The van der Waals surface area contributed by atoms with Gasteiger partial charge >= 0.3 is 5.97 Å². The zero-order valence-corrected chi connectivity index (χ0v) is 8.73. The van der Waals surface area contributed by atoms with Crippen LogP contribution in [0.4, 0.5) is 0 Å². The summed E-state index contributed by atoms with van der Waals surface area (Å²) < 4.78 is 4.46. The second kappa shape index (κ2) is 4.72. The van der Waals surface area contributed by atoms with Crippen molar-refractivity contribution in [1.82, 2.24) is 4.90 Å². The summed E-state index contributed by atoms with van der Waals surface area (Å²) in [4.78, 5) is 23.7. The number of methoxy groups -OCH3 is 1. The fourth-order valence-electron chi connectivity index (χ4n) is 1.17. The lowest BCUT2D eigenvalue weighted by Crippen LogP contribution is -2.33. The third-order valence-electron chi connectivity index (χ3n) is 1.90. The average molecular weight is 224 g/mol. The van der Waals surface area contributed by atoms with E-state index in [0.717, 1.165) is 11.0 Å². The molecule has 74 valence electrons. The third kappa shape index (κ3) is 2.51. The van der Waals surface area contributed by atoms with Gasteiger partial charge in [0, 0.05) is 6.54 Å². The van der Waals surface area contributed by atoms with Crippen molar-refractivity contribution in [2.75, 3.05) is 20.2 Å². The van der Waals surface area contributed by atoms with Gasteiger partial charge in [-0.3, -0.25) is 9.59 Å². The summed E-state index contributed by atoms with van der Waals surface area (Å²) in [6.07, 6.45) is 0.698. The van der Waals surface area contributed by atoms with Gasteiger partial charge in [-0.25, -0.2) is 0 Å². The number of halogens is 1. The summed E-state index contributed by atoms with van der Waals surface area (Å²) in [5.41, 5.74) is 0. The summed E-state index contributed by atoms with van der Waals surface area (Å²) in [5, 5.41) is -0.202. The molecule has 4 nitrogen and oxygen atoms in total. The van der Waals surface area contributed by atoms with Crippen LogP contribution in [0.2, 0.25) is 0 Å². The van der Waals surface area contributed by atoms with E-state index in [1.807, 2.05) is 0 Å². The molecule has 0 bridgehead atoms. The van der Waals surface area contributed by atoms with Crippen LogP contribution in [0.25, 0.3) is 0 Å². The van der Waals surface area contributed by atoms with Crippen LogP contribution >= 0.6 is 21.7 Å². The number of nitrogens with zero attached hydrogens (tertiary/aromatic N) is 1. The first-order valence-electron chi connectivity index (χ1n) is 3.82. The fourth-order valence-corrected chi connectivity index (χ4v) is 2.09. The minimum absolute atomic E-state index is 0.0310. The van der Waals surface area contributed by atoms with E-state index < -0.39 is 5.97 Å². The van der Waals surface area contributed by atoms with Crippen LogP contribution in [0.1, 0.15) is 6.42 Å². The van der Waals surface area contributed by atoms with Gasteiger partial charge in [-0.2, -0.15) is 0 Å². The van der Waals surface area contributed by atoms with E-state index >= 15 is 0 Å². The number of hydrogen-bond acceptors (Lipinski definition) is 4. The van der Waals surface area contributed by atoms with Gasteiger partial charge in [-0.05, 0) is 28.1 Å². The van der Waals surface area contributed by atoms with Gasteiger partial charge in [0.15, 0.2) is 0 Å². The molecule has 1 unspecified atom stereocenters. The maximum Gasteiger partial charge on any atom is 0.325 e. The lowest BCUT2D eigenvalue weighted by atomic mass is 10.4. The highest BCUT2D eigenvalue weighted by Crippen LogP contribution is 2.26. The molecule has 0 N–H and O–H groups in total. The topological polar surface area (TPSA) is 46.6 Å². The summed E-state index contributed by atoms with van der Waals surface area (Å²) in [6.45, 7) is 0.613. The van der Waals surface area contributed by atoms with E-state index in [1.54, 1.807) is 0 Å². The normalized spacial score (nSPS) is 22.2. The van der Waals surface area contributed by atoms with Crippen LogP contribution in [-0.4, -0.2) is 42.2 Å². The number of amides is 1. The van der Waals surface area contributed by atoms with E-state index in [0.29, 0.717) is 13.0 Å². The van der Waals surface area contributed by atoms with Crippen LogP contribution in [-0.2, 0) is 14.3 Å². The van der Waals surface area contributed by atoms with Crippen molar-refractivity contribution in [3.63, 3.8) is 0 Å². The molecule has 1 aliphatic heterocycles. The van der Waals surface area contributed by atoms with Gasteiger partial charge in [-0.15, -0.1) is 0 Å². The molecule has 1 heterocycles. The second-order valence-corrected chi connectivity index (χ2v) is 3.98. The second-order valence-electron chi connectivity index (χ2n) is 2.70. The summed E-state index contributed by atoms with van der Waals surface area (Å²) in [5.74, 6) is -0.473. The van der Waals surface area contributed by atoms with Gasteiger partial charge in [0.2, 0.25) is 5.91 Å². The Morgan fingerprint density at radius 2 is 2.54 bits per heavy atom. The van der Waals surface area contributed by atoms with Gasteiger partial charge < -0.3 is 9.64 Å².